The van der Waals surface area contributed by atoms with E-state index in [1.54, 1.807) is 86.0 Å². The predicted molar refractivity (Wildman–Crippen MR) is 434 cm³/mol. The number of aromatic hydroxyl groups is 5. The Kier molecular flexibility index (Phi) is 37.0. The number of alkyl halides is 1. The lowest BCUT2D eigenvalue weighted by molar-refractivity contribution is 0.0583. The molecule has 0 saturated carbocycles. The van der Waals surface area contributed by atoms with Crippen LogP contribution in [0.5, 0.6) is 46.0 Å². The van der Waals surface area contributed by atoms with Crippen LogP contribution in [-0.2, 0) is 41.7 Å². The van der Waals surface area contributed by atoms with Gasteiger partial charge in [0.2, 0.25) is 0 Å². The molecule has 0 aliphatic rings. The topological polar surface area (TPSA) is 342 Å². The van der Waals surface area contributed by atoms with Crippen molar-refractivity contribution in [1.82, 2.24) is 59.1 Å². The first-order valence-corrected chi connectivity index (χ1v) is 33.5. The van der Waals surface area contributed by atoms with Crippen LogP contribution in [0, 0.1) is 0 Å². The molecule has 111 heavy (non-hydrogen) atoms. The third kappa shape index (κ3) is 24.0. The fourth-order valence-electron chi connectivity index (χ4n) is 10.5. The lowest BCUT2D eigenvalue weighted by Gasteiger charge is -2.15. The van der Waals surface area contributed by atoms with Gasteiger partial charge in [-0.25, -0.2) is 9.59 Å². The summed E-state index contributed by atoms with van der Waals surface area (Å²) in [5.74, 6) is -1.89. The number of carbonyl (C=O) groups excluding carboxylic acids is 3. The third-order valence-electron chi connectivity index (χ3n) is 15.5. The number of phenols is 5. The lowest BCUT2D eigenvalue weighted by Crippen LogP contribution is -2.09. The number of carbonyl (C=O) groups is 3. The summed E-state index contributed by atoms with van der Waals surface area (Å²) in [4.78, 5) is 52.1. The van der Waals surface area contributed by atoms with E-state index in [9.17, 15) is 34.8 Å². The van der Waals surface area contributed by atoms with E-state index in [0.717, 1.165) is 62.1 Å². The number of pyridine rings is 4. The number of nitrogens with zero attached hydrogens (tertiary/aromatic N) is 12. The summed E-state index contributed by atoms with van der Waals surface area (Å²) in [6.07, 6.45) is 12.8. The number of rotatable bonds is 22. The molecule has 0 spiro atoms. The summed E-state index contributed by atoms with van der Waals surface area (Å²) in [6, 6.07) is 40.9. The number of aromatic nitrogens is 12. The zero-order valence-corrected chi connectivity index (χ0v) is 60.1. The maximum absolute atomic E-state index is 12.0. The number of halogens is 1. The second kappa shape index (κ2) is 46.1. The molecule has 0 atom stereocenters. The van der Waals surface area contributed by atoms with E-state index in [-0.39, 0.29) is 151 Å². The summed E-state index contributed by atoms with van der Waals surface area (Å²) in [7, 11) is 2.43. The normalized spacial score (nSPS) is 10.7. The first kappa shape index (κ1) is 89.2. The standard InChI is InChI=1S/C20H21N3O4.C19H21N3O3.C19H19N3O3.C12H14ClN3.C8H8O4.6CH4/c1-13(2)23-15(9-11-22-23)19-14(6-5-10-21-19)12-27-17-8-4-7-16(24)18(17)20(25)26-3;2*1-13(2)22-16(8-10-21-22)19-14(5-4-9-20-19)12-25-18-7-3-6-17(24)15(18)11-23;1-9(2)16-11(5-7-15-16)12-10(8-13)4-3-6-14-12;1-12-8(11)7-5(9)3-2-4-6(7)10;;;;;;/h4-11,13,24H,12H2,1-3H3;3-10,13,23-24H,11-12H2,1-2H3;3-11,13,24H,12H2,1-2H3;3-7,9H,8H2,1-2H3;2-4,9-10H,1H3;6*1H4/i;11D2;11D;;;;;;;;. The second-order valence-corrected chi connectivity index (χ2v) is 24.1. The second-order valence-electron chi connectivity index (χ2n) is 23.9. The van der Waals surface area contributed by atoms with Crippen LogP contribution in [0.3, 0.4) is 0 Å². The van der Waals surface area contributed by atoms with E-state index in [2.05, 4.69) is 58.9 Å². The molecule has 12 aromatic rings. The Balaban J connectivity index is 0.000000489. The molecule has 27 heteroatoms. The van der Waals surface area contributed by atoms with E-state index in [1.807, 2.05) is 121 Å². The minimum Gasteiger partial charge on any atom is -0.507 e. The number of methoxy groups -OCH3 is 2. The number of benzene rings is 4. The van der Waals surface area contributed by atoms with E-state index in [4.69, 9.17) is 44.9 Å². The van der Waals surface area contributed by atoms with Gasteiger partial charge < -0.3 is 54.3 Å². The Labute approximate surface area is 660 Å². The summed E-state index contributed by atoms with van der Waals surface area (Å²) < 4.78 is 56.3. The molecule has 0 aliphatic carbocycles. The molecular weight excluding hydrogens is 1440 g/mol. The van der Waals surface area contributed by atoms with Crippen molar-refractivity contribution >= 4 is 29.8 Å². The Morgan fingerprint density at radius 2 is 0.712 bits per heavy atom. The van der Waals surface area contributed by atoms with Crippen molar-refractivity contribution in [3.63, 3.8) is 0 Å². The van der Waals surface area contributed by atoms with Gasteiger partial charge in [-0.1, -0.05) is 93.1 Å². The summed E-state index contributed by atoms with van der Waals surface area (Å²) in [5, 5.41) is 75.0. The van der Waals surface area contributed by atoms with Gasteiger partial charge in [0.1, 0.15) is 78.3 Å². The minimum absolute atomic E-state index is 0. The monoisotopic (exact) mass is 1550 g/mol. The van der Waals surface area contributed by atoms with Crippen LogP contribution in [0.1, 0.15) is 187 Å². The first-order valence-electron chi connectivity index (χ1n) is 34.4. The molecular formula is C84H107ClN12O14. The van der Waals surface area contributed by atoms with Gasteiger partial charge in [0.15, 0.2) is 6.26 Å². The first-order chi connectivity index (χ1) is 51.7. The van der Waals surface area contributed by atoms with Crippen molar-refractivity contribution in [3.8, 4) is 91.5 Å². The van der Waals surface area contributed by atoms with Gasteiger partial charge in [-0.3, -0.25) is 43.5 Å². The van der Waals surface area contributed by atoms with Gasteiger partial charge in [0.25, 0.3) is 0 Å². The van der Waals surface area contributed by atoms with Gasteiger partial charge in [0.05, 0.1) is 80.2 Å². The molecule has 0 unspecified atom stereocenters. The Morgan fingerprint density at radius 3 is 1.06 bits per heavy atom. The quantitative estimate of drug-likeness (QED) is 0.0208. The number of esters is 2. The zero-order valence-electron chi connectivity index (χ0n) is 62.3. The molecule has 0 fully saturated rings. The number of aldehydes is 1. The van der Waals surface area contributed by atoms with Crippen LogP contribution < -0.4 is 14.2 Å². The highest BCUT2D eigenvalue weighted by Crippen LogP contribution is 2.35. The van der Waals surface area contributed by atoms with Gasteiger partial charge in [-0.05, 0) is 158 Å². The molecule has 594 valence electrons. The number of ether oxygens (including phenoxy) is 5. The third-order valence-corrected chi connectivity index (χ3v) is 15.8. The largest absolute Gasteiger partial charge is 0.507 e. The van der Waals surface area contributed by atoms with Crippen LogP contribution in [0.2, 0.25) is 0 Å². The molecule has 0 saturated heterocycles. The maximum atomic E-state index is 12.0. The van der Waals surface area contributed by atoms with Gasteiger partial charge in [-0.2, -0.15) is 20.4 Å². The van der Waals surface area contributed by atoms with E-state index in [0.29, 0.717) is 17.6 Å². The maximum Gasteiger partial charge on any atom is 0.345 e. The predicted octanol–water partition coefficient (Wildman–Crippen LogP) is 18.5. The summed E-state index contributed by atoms with van der Waals surface area (Å²) in [6.45, 7) is 14.1. The Hall–Kier alpha value is -12.4. The van der Waals surface area contributed by atoms with Crippen molar-refractivity contribution in [2.75, 3.05) is 14.2 Å². The molecule has 8 heterocycles. The highest BCUT2D eigenvalue weighted by molar-refractivity contribution is 6.17. The highest BCUT2D eigenvalue weighted by Gasteiger charge is 2.23. The molecule has 0 radical (unpaired) electrons. The van der Waals surface area contributed by atoms with Crippen LogP contribution >= 0.6 is 11.6 Å². The van der Waals surface area contributed by atoms with Crippen molar-refractivity contribution in [2.24, 2.45) is 0 Å². The van der Waals surface area contributed by atoms with Crippen LogP contribution in [-0.4, -0.2) is 122 Å². The van der Waals surface area contributed by atoms with Gasteiger partial charge in [0, 0.05) is 96.3 Å². The Bertz CT molecular complexity index is 4980. The average Bonchev–Trinajstić information content (AvgIpc) is 1.57. The smallest absolute Gasteiger partial charge is 0.345 e. The molecule has 0 bridgehead atoms. The van der Waals surface area contributed by atoms with Gasteiger partial charge >= 0.3 is 11.9 Å². The van der Waals surface area contributed by atoms with Crippen molar-refractivity contribution in [1.29, 1.82) is 0 Å². The summed E-state index contributed by atoms with van der Waals surface area (Å²) >= 11 is 5.91. The molecule has 0 aliphatic heterocycles. The average molecular weight is 1550 g/mol. The van der Waals surface area contributed by atoms with E-state index >= 15 is 0 Å². The Morgan fingerprint density at radius 1 is 0.414 bits per heavy atom. The highest BCUT2D eigenvalue weighted by atomic mass is 35.5. The van der Waals surface area contributed by atoms with Crippen LogP contribution in [0.4, 0.5) is 0 Å². The van der Waals surface area contributed by atoms with Crippen LogP contribution in [0.15, 0.2) is 195 Å². The fourth-order valence-corrected chi connectivity index (χ4v) is 10.8. The van der Waals surface area contributed by atoms with Gasteiger partial charge in [-0.15, -0.1) is 11.6 Å². The molecule has 4 aromatic carbocycles. The zero-order chi connectivity index (χ0) is 78.4. The fraction of sp³-hybridized carbons (Fsp3) is 0.298. The molecule has 12 rings (SSSR count). The minimum atomic E-state index is -2.73. The van der Waals surface area contributed by atoms with Crippen LogP contribution in [0.25, 0.3) is 45.6 Å². The number of hydrogen-bond donors (Lipinski definition) is 6. The molecule has 26 nitrogen and oxygen atoms in total. The van der Waals surface area contributed by atoms with Crippen molar-refractivity contribution in [3.05, 3.63) is 240 Å². The lowest BCUT2D eigenvalue weighted by atomic mass is 10.1. The number of aliphatic hydroxyl groups is 1. The van der Waals surface area contributed by atoms with E-state index in [1.165, 1.54) is 62.8 Å². The molecule has 8 aromatic heterocycles. The SMILES string of the molecule is C.C.C.C.C.C.CC(C)n1nccc1-c1ncccc1CCl.COC(=O)c1c(O)cccc1O.COC(=O)c1c(O)cccc1OCc1cccnc1-c1ccnn1C(C)C.[2H]C(=O)c1c(O)cccc1OCc1cccnc1-c1ccnn1C(C)C.[2H]C([2H])(O)c1c(O)cccc1OCc1cccnc1-c1ccnn1C(C)C. The van der Waals surface area contributed by atoms with Crippen molar-refractivity contribution in [2.45, 2.75) is 156 Å². The summed E-state index contributed by atoms with van der Waals surface area (Å²) in [5.41, 5.74) is 9.51. The molecule has 6 N–H and O–H groups in total. The molecule has 0 amide bonds. The van der Waals surface area contributed by atoms with Crippen molar-refractivity contribution < 1.29 is 72.8 Å². The number of hydrogen-bond acceptors (Lipinski definition) is 22. The van der Waals surface area contributed by atoms with E-state index < -0.39 is 24.8 Å². The number of phenolic OH excluding ortho intramolecular Hbond substituents is 4.